The molecule has 0 radical (unpaired) electrons. The van der Waals surface area contributed by atoms with E-state index >= 15 is 0 Å². The van der Waals surface area contributed by atoms with Crippen molar-refractivity contribution in [2.24, 2.45) is 0 Å². The molecule has 0 unspecified atom stereocenters. The van der Waals surface area contributed by atoms with Crippen molar-refractivity contribution >= 4 is 17.3 Å². The summed E-state index contributed by atoms with van der Waals surface area (Å²) in [6.45, 7) is 4.94. The van der Waals surface area contributed by atoms with Gasteiger partial charge in [-0.1, -0.05) is 17.8 Å². The molecule has 0 aromatic carbocycles. The minimum atomic E-state index is -0.128. The molecule has 0 saturated heterocycles. The summed E-state index contributed by atoms with van der Waals surface area (Å²) in [6.07, 6.45) is 3.18. The quantitative estimate of drug-likeness (QED) is 0.556. The van der Waals surface area contributed by atoms with Crippen molar-refractivity contribution < 1.29 is 9.53 Å². The summed E-state index contributed by atoms with van der Waals surface area (Å²) in [4.78, 5) is 22.6. The highest BCUT2D eigenvalue weighted by Gasteiger charge is 2.03. The first-order valence-electron chi connectivity index (χ1n) is 5.95. The molecule has 4 nitrogen and oxygen atoms in total. The molecule has 1 aromatic heterocycles. The zero-order chi connectivity index (χ0) is 12.7. The Hall–Kier alpha value is -1.10. The molecule has 0 bridgehead atoms. The number of carbonyl (C=O) groups is 1. The lowest BCUT2D eigenvalue weighted by molar-refractivity contribution is -0.143. The fourth-order valence-electron chi connectivity index (χ4n) is 1.62. The van der Waals surface area contributed by atoms with Gasteiger partial charge in [-0.15, -0.1) is 0 Å². The van der Waals surface area contributed by atoms with E-state index in [0.717, 1.165) is 31.5 Å². The normalized spacial score (nSPS) is 10.5. The maximum absolute atomic E-state index is 11.4. The van der Waals surface area contributed by atoms with Crippen LogP contribution in [0.25, 0.3) is 0 Å². The van der Waals surface area contributed by atoms with E-state index in [4.69, 9.17) is 4.74 Å². The molecular formula is C12H19NO3S. The van der Waals surface area contributed by atoms with Crippen molar-refractivity contribution in [3.8, 4) is 0 Å². The molecule has 0 saturated carbocycles. The van der Waals surface area contributed by atoms with E-state index in [-0.39, 0.29) is 10.8 Å². The van der Waals surface area contributed by atoms with E-state index in [9.17, 15) is 9.59 Å². The average Bonchev–Trinajstić information content (AvgIpc) is 2.60. The second-order valence-corrected chi connectivity index (χ2v) is 4.73. The summed E-state index contributed by atoms with van der Waals surface area (Å²) in [6, 6.07) is 0. The molecule has 5 heteroatoms. The van der Waals surface area contributed by atoms with E-state index in [1.807, 2.05) is 19.2 Å². The van der Waals surface area contributed by atoms with Gasteiger partial charge in [-0.3, -0.25) is 9.59 Å². The largest absolute Gasteiger partial charge is 0.466 e. The Balaban J connectivity index is 2.17. The molecule has 1 heterocycles. The number of thiazole rings is 1. The first-order chi connectivity index (χ1) is 8.15. The van der Waals surface area contributed by atoms with Crippen molar-refractivity contribution in [3.05, 3.63) is 20.7 Å². The number of aromatic nitrogens is 1. The van der Waals surface area contributed by atoms with Crippen LogP contribution in [0.1, 0.15) is 38.3 Å². The number of hydrogen-bond acceptors (Lipinski definition) is 4. The highest BCUT2D eigenvalue weighted by Crippen LogP contribution is 2.05. The number of hydrogen-bond donors (Lipinski definition) is 0. The van der Waals surface area contributed by atoms with Crippen molar-refractivity contribution in [1.29, 1.82) is 0 Å². The van der Waals surface area contributed by atoms with E-state index in [0.29, 0.717) is 13.0 Å². The van der Waals surface area contributed by atoms with E-state index < -0.39 is 0 Å². The number of carbonyl (C=O) groups excluding carboxylic acids is 1. The molecule has 0 atom stereocenters. The minimum Gasteiger partial charge on any atom is -0.466 e. The van der Waals surface area contributed by atoms with Crippen molar-refractivity contribution in [3.63, 3.8) is 0 Å². The Labute approximate surface area is 105 Å². The van der Waals surface area contributed by atoms with Gasteiger partial charge in [0, 0.05) is 24.0 Å². The summed E-state index contributed by atoms with van der Waals surface area (Å²) in [5.74, 6) is -0.128. The third-order valence-electron chi connectivity index (χ3n) is 2.54. The first-order valence-corrected chi connectivity index (χ1v) is 6.83. The van der Waals surface area contributed by atoms with Crippen LogP contribution in [0.15, 0.2) is 10.2 Å². The zero-order valence-corrected chi connectivity index (χ0v) is 11.2. The van der Waals surface area contributed by atoms with Gasteiger partial charge in [-0.25, -0.2) is 0 Å². The van der Waals surface area contributed by atoms with Crippen LogP contribution in [0.2, 0.25) is 0 Å². The number of unbranched alkanes of at least 4 members (excludes halogenated alkanes) is 2. The SMILES string of the molecule is CCOC(=O)CCCCCn1c(C)csc1=O. The van der Waals surface area contributed by atoms with Crippen LogP contribution in [0, 0.1) is 6.92 Å². The molecule has 0 aliphatic rings. The molecule has 0 spiro atoms. The maximum atomic E-state index is 11.4. The molecular weight excluding hydrogens is 238 g/mol. The second-order valence-electron chi connectivity index (χ2n) is 3.91. The zero-order valence-electron chi connectivity index (χ0n) is 10.4. The fraction of sp³-hybridized carbons (Fsp3) is 0.667. The molecule has 0 N–H and O–H groups in total. The molecule has 17 heavy (non-hydrogen) atoms. The molecule has 0 fully saturated rings. The molecule has 1 rings (SSSR count). The van der Waals surface area contributed by atoms with E-state index in [1.165, 1.54) is 11.3 Å². The summed E-state index contributed by atoms with van der Waals surface area (Å²) < 4.78 is 6.63. The van der Waals surface area contributed by atoms with E-state index in [2.05, 4.69) is 0 Å². The lowest BCUT2D eigenvalue weighted by Crippen LogP contribution is -2.14. The van der Waals surface area contributed by atoms with Crippen LogP contribution < -0.4 is 4.87 Å². The maximum Gasteiger partial charge on any atom is 0.307 e. The lowest BCUT2D eigenvalue weighted by Gasteiger charge is -2.04. The van der Waals surface area contributed by atoms with Gasteiger partial charge < -0.3 is 9.30 Å². The van der Waals surface area contributed by atoms with Gasteiger partial charge in [0.25, 0.3) is 0 Å². The molecule has 0 aliphatic carbocycles. The van der Waals surface area contributed by atoms with E-state index in [1.54, 1.807) is 4.57 Å². The monoisotopic (exact) mass is 257 g/mol. The van der Waals surface area contributed by atoms with Gasteiger partial charge >= 0.3 is 10.8 Å². The summed E-state index contributed by atoms with van der Waals surface area (Å²) in [5.41, 5.74) is 1.02. The topological polar surface area (TPSA) is 48.3 Å². The fourth-order valence-corrected chi connectivity index (χ4v) is 2.38. The number of rotatable bonds is 7. The summed E-state index contributed by atoms with van der Waals surface area (Å²) in [7, 11) is 0. The number of nitrogens with zero attached hydrogens (tertiary/aromatic N) is 1. The third-order valence-corrected chi connectivity index (χ3v) is 3.43. The smallest absolute Gasteiger partial charge is 0.307 e. The van der Waals surface area contributed by atoms with Gasteiger partial charge in [0.05, 0.1) is 6.61 Å². The lowest BCUT2D eigenvalue weighted by atomic mass is 10.2. The van der Waals surface area contributed by atoms with Crippen LogP contribution in [-0.2, 0) is 16.1 Å². The van der Waals surface area contributed by atoms with Crippen LogP contribution in [0.4, 0.5) is 0 Å². The summed E-state index contributed by atoms with van der Waals surface area (Å²) >= 11 is 1.24. The summed E-state index contributed by atoms with van der Waals surface area (Å²) in [5, 5.41) is 1.88. The Morgan fingerprint density at radius 3 is 2.76 bits per heavy atom. The number of esters is 1. The number of ether oxygens (including phenoxy) is 1. The first kappa shape index (κ1) is 14.0. The van der Waals surface area contributed by atoms with Crippen molar-refractivity contribution in [2.45, 2.75) is 46.1 Å². The third kappa shape index (κ3) is 4.73. The molecule has 0 amide bonds. The molecule has 1 aromatic rings. The van der Waals surface area contributed by atoms with Gasteiger partial charge in [-0.2, -0.15) is 0 Å². The molecule has 96 valence electrons. The molecule has 0 aliphatic heterocycles. The predicted molar refractivity (Wildman–Crippen MR) is 68.4 cm³/mol. The Morgan fingerprint density at radius 1 is 1.41 bits per heavy atom. The van der Waals surface area contributed by atoms with Gasteiger partial charge in [0.1, 0.15) is 0 Å². The van der Waals surface area contributed by atoms with Crippen molar-refractivity contribution in [2.75, 3.05) is 6.61 Å². The second kappa shape index (κ2) is 7.27. The van der Waals surface area contributed by atoms with Crippen LogP contribution >= 0.6 is 11.3 Å². The minimum absolute atomic E-state index is 0.105. The highest BCUT2D eigenvalue weighted by molar-refractivity contribution is 7.07. The van der Waals surface area contributed by atoms with Gasteiger partial charge in [0.15, 0.2) is 0 Å². The Bertz CT molecular complexity index is 408. The van der Waals surface area contributed by atoms with Gasteiger partial charge in [-0.05, 0) is 26.7 Å². The number of aryl methyl sites for hydroxylation is 1. The highest BCUT2D eigenvalue weighted by atomic mass is 32.1. The standard InChI is InChI=1S/C12H19NO3S/c1-3-16-11(14)7-5-4-6-8-13-10(2)9-17-12(13)15/h9H,3-8H2,1-2H3. The predicted octanol–water partition coefficient (Wildman–Crippen LogP) is 2.34. The van der Waals surface area contributed by atoms with Crippen LogP contribution in [-0.4, -0.2) is 17.1 Å². The Kier molecular flexibility index (Phi) is 5.97. The van der Waals surface area contributed by atoms with Gasteiger partial charge in [0.2, 0.25) is 0 Å². The Morgan fingerprint density at radius 2 is 2.18 bits per heavy atom. The average molecular weight is 257 g/mol. The van der Waals surface area contributed by atoms with Crippen LogP contribution in [0.3, 0.4) is 0 Å². The van der Waals surface area contributed by atoms with Crippen LogP contribution in [0.5, 0.6) is 0 Å². The van der Waals surface area contributed by atoms with Crippen molar-refractivity contribution in [1.82, 2.24) is 4.57 Å².